The minimum atomic E-state index is 0.233. The summed E-state index contributed by atoms with van der Waals surface area (Å²) in [7, 11) is 0. The van der Waals surface area contributed by atoms with Gasteiger partial charge in [0.15, 0.2) is 4.67 Å². The van der Waals surface area contributed by atoms with Crippen molar-refractivity contribution in [1.29, 1.82) is 0 Å². The number of hydrogen-bond acceptors (Lipinski definition) is 3. The Bertz CT molecular complexity index is 321. The quantitative estimate of drug-likeness (QED) is 0.923. The summed E-state index contributed by atoms with van der Waals surface area (Å²) in [6, 6.07) is 4.14. The van der Waals surface area contributed by atoms with Crippen LogP contribution in [0.4, 0.5) is 0 Å². The van der Waals surface area contributed by atoms with Gasteiger partial charge in [0.2, 0.25) is 0 Å². The number of rotatable bonds is 4. The fourth-order valence-electron chi connectivity index (χ4n) is 1.94. The SMILES string of the molecule is CC(NCC1CCCCO1)c1ccc(Br)o1. The molecular weight excluding hydrogens is 270 g/mol. The molecule has 0 spiro atoms. The summed E-state index contributed by atoms with van der Waals surface area (Å²) < 4.78 is 11.9. The summed E-state index contributed by atoms with van der Waals surface area (Å²) >= 11 is 3.31. The number of halogens is 1. The maximum atomic E-state index is 5.67. The van der Waals surface area contributed by atoms with Crippen LogP contribution in [-0.2, 0) is 4.74 Å². The van der Waals surface area contributed by atoms with Crippen LogP contribution in [-0.4, -0.2) is 19.3 Å². The molecule has 3 nitrogen and oxygen atoms in total. The molecule has 1 N–H and O–H groups in total. The molecule has 2 rings (SSSR count). The van der Waals surface area contributed by atoms with E-state index in [0.29, 0.717) is 6.10 Å². The molecule has 1 fully saturated rings. The molecule has 0 aromatic carbocycles. The highest BCUT2D eigenvalue weighted by molar-refractivity contribution is 9.10. The van der Waals surface area contributed by atoms with Gasteiger partial charge in [-0.1, -0.05) is 0 Å². The third-order valence-corrected chi connectivity index (χ3v) is 3.37. The van der Waals surface area contributed by atoms with Crippen molar-refractivity contribution >= 4 is 15.9 Å². The fraction of sp³-hybridized carbons (Fsp3) is 0.667. The van der Waals surface area contributed by atoms with Gasteiger partial charge in [-0.15, -0.1) is 0 Å². The minimum absolute atomic E-state index is 0.233. The van der Waals surface area contributed by atoms with Crippen LogP contribution in [0.1, 0.15) is 38.0 Å². The van der Waals surface area contributed by atoms with Crippen LogP contribution in [0.25, 0.3) is 0 Å². The van der Waals surface area contributed by atoms with Gasteiger partial charge >= 0.3 is 0 Å². The lowest BCUT2D eigenvalue weighted by Crippen LogP contribution is -2.33. The topological polar surface area (TPSA) is 34.4 Å². The molecule has 16 heavy (non-hydrogen) atoms. The smallest absolute Gasteiger partial charge is 0.169 e. The maximum absolute atomic E-state index is 5.67. The van der Waals surface area contributed by atoms with Crippen LogP contribution in [0.5, 0.6) is 0 Å². The highest BCUT2D eigenvalue weighted by Gasteiger charge is 2.16. The Morgan fingerprint density at radius 2 is 2.38 bits per heavy atom. The Balaban J connectivity index is 1.76. The normalized spacial score (nSPS) is 23.2. The molecule has 0 amide bonds. The molecule has 1 aromatic heterocycles. The molecule has 2 heterocycles. The Morgan fingerprint density at radius 1 is 1.50 bits per heavy atom. The number of hydrogen-bond donors (Lipinski definition) is 1. The van der Waals surface area contributed by atoms with Crippen molar-refractivity contribution < 1.29 is 9.15 Å². The number of furan rings is 1. The van der Waals surface area contributed by atoms with E-state index in [1.54, 1.807) is 0 Å². The standard InChI is InChI=1S/C12H18BrNO2/c1-9(11-5-6-12(13)16-11)14-8-10-4-2-3-7-15-10/h5-6,9-10,14H,2-4,7-8H2,1H3. The lowest BCUT2D eigenvalue weighted by molar-refractivity contribution is 0.0153. The summed E-state index contributed by atoms with van der Waals surface area (Å²) in [6.07, 6.45) is 4.03. The number of nitrogens with one attached hydrogen (secondary N) is 1. The van der Waals surface area contributed by atoms with Crippen molar-refractivity contribution in [3.8, 4) is 0 Å². The molecule has 90 valence electrons. The minimum Gasteiger partial charge on any atom is -0.453 e. The van der Waals surface area contributed by atoms with Gasteiger partial charge in [-0.25, -0.2) is 0 Å². The Labute approximate surface area is 105 Å². The third kappa shape index (κ3) is 3.34. The highest BCUT2D eigenvalue weighted by Crippen LogP contribution is 2.20. The van der Waals surface area contributed by atoms with E-state index in [1.165, 1.54) is 19.3 Å². The van der Waals surface area contributed by atoms with Gasteiger partial charge in [-0.3, -0.25) is 0 Å². The van der Waals surface area contributed by atoms with E-state index in [1.807, 2.05) is 12.1 Å². The van der Waals surface area contributed by atoms with Gasteiger partial charge in [-0.2, -0.15) is 0 Å². The van der Waals surface area contributed by atoms with Crippen molar-refractivity contribution in [3.05, 3.63) is 22.6 Å². The molecule has 1 aromatic rings. The van der Waals surface area contributed by atoms with Gasteiger partial charge in [0.25, 0.3) is 0 Å². The van der Waals surface area contributed by atoms with Crippen molar-refractivity contribution in [1.82, 2.24) is 5.32 Å². The molecule has 1 aliphatic rings. The zero-order valence-electron chi connectivity index (χ0n) is 9.54. The van der Waals surface area contributed by atoms with E-state index in [4.69, 9.17) is 9.15 Å². The Hall–Kier alpha value is -0.320. The van der Waals surface area contributed by atoms with Crippen molar-refractivity contribution in [3.63, 3.8) is 0 Å². The van der Waals surface area contributed by atoms with Gasteiger partial charge < -0.3 is 14.5 Å². The van der Waals surface area contributed by atoms with Gasteiger partial charge in [0, 0.05) is 13.2 Å². The third-order valence-electron chi connectivity index (χ3n) is 2.95. The first-order chi connectivity index (χ1) is 7.75. The van der Waals surface area contributed by atoms with Gasteiger partial charge in [0.05, 0.1) is 12.1 Å². The Morgan fingerprint density at radius 3 is 3.00 bits per heavy atom. The predicted octanol–water partition coefficient (Wildman–Crippen LogP) is 3.26. The Kier molecular flexibility index (Phi) is 4.44. The molecule has 1 saturated heterocycles. The molecule has 0 radical (unpaired) electrons. The van der Waals surface area contributed by atoms with E-state index >= 15 is 0 Å². The van der Waals surface area contributed by atoms with Gasteiger partial charge in [0.1, 0.15) is 5.76 Å². The second-order valence-corrected chi connectivity index (χ2v) is 5.04. The van der Waals surface area contributed by atoms with Crippen LogP contribution in [0.15, 0.2) is 21.2 Å². The average molecular weight is 288 g/mol. The van der Waals surface area contributed by atoms with E-state index in [0.717, 1.165) is 23.6 Å². The zero-order chi connectivity index (χ0) is 11.4. The van der Waals surface area contributed by atoms with E-state index in [-0.39, 0.29) is 6.04 Å². The van der Waals surface area contributed by atoms with Crippen molar-refractivity contribution in [2.24, 2.45) is 0 Å². The summed E-state index contributed by atoms with van der Waals surface area (Å²) in [5.74, 6) is 0.961. The molecule has 0 aliphatic carbocycles. The first kappa shape index (κ1) is 12.1. The first-order valence-electron chi connectivity index (χ1n) is 5.86. The second kappa shape index (κ2) is 5.84. The molecule has 0 bridgehead atoms. The average Bonchev–Trinajstić information content (AvgIpc) is 2.74. The van der Waals surface area contributed by atoms with Crippen molar-refractivity contribution in [2.45, 2.75) is 38.3 Å². The largest absolute Gasteiger partial charge is 0.453 e. The van der Waals surface area contributed by atoms with Crippen LogP contribution < -0.4 is 5.32 Å². The second-order valence-electron chi connectivity index (χ2n) is 4.26. The molecule has 2 unspecified atom stereocenters. The fourth-order valence-corrected chi connectivity index (χ4v) is 2.26. The summed E-state index contributed by atoms with van der Waals surface area (Å²) in [5, 5.41) is 3.44. The van der Waals surface area contributed by atoms with Crippen LogP contribution in [0, 0.1) is 0 Å². The van der Waals surface area contributed by atoms with Crippen molar-refractivity contribution in [2.75, 3.05) is 13.2 Å². The first-order valence-corrected chi connectivity index (χ1v) is 6.65. The van der Waals surface area contributed by atoms with Crippen LogP contribution >= 0.6 is 15.9 Å². The van der Waals surface area contributed by atoms with Crippen LogP contribution in [0.2, 0.25) is 0 Å². The lowest BCUT2D eigenvalue weighted by atomic mass is 10.1. The number of ether oxygens (including phenoxy) is 1. The summed E-state index contributed by atoms with van der Waals surface area (Å²) in [5.41, 5.74) is 0. The molecule has 4 heteroatoms. The van der Waals surface area contributed by atoms with E-state index < -0.39 is 0 Å². The molecule has 2 atom stereocenters. The van der Waals surface area contributed by atoms with Gasteiger partial charge in [-0.05, 0) is 54.2 Å². The molecule has 1 aliphatic heterocycles. The molecule has 0 saturated carbocycles. The van der Waals surface area contributed by atoms with E-state index in [9.17, 15) is 0 Å². The monoisotopic (exact) mass is 287 g/mol. The zero-order valence-corrected chi connectivity index (χ0v) is 11.1. The lowest BCUT2D eigenvalue weighted by Gasteiger charge is -2.24. The predicted molar refractivity (Wildman–Crippen MR) is 66.4 cm³/mol. The maximum Gasteiger partial charge on any atom is 0.169 e. The summed E-state index contributed by atoms with van der Waals surface area (Å²) in [4.78, 5) is 0. The highest BCUT2D eigenvalue weighted by atomic mass is 79.9. The molecular formula is C12H18BrNO2. The van der Waals surface area contributed by atoms with E-state index in [2.05, 4.69) is 28.2 Å². The van der Waals surface area contributed by atoms with Crippen LogP contribution in [0.3, 0.4) is 0 Å². The summed E-state index contributed by atoms with van der Waals surface area (Å²) in [6.45, 7) is 3.92.